The molecule has 1 heterocycles. The molecule has 0 aliphatic carbocycles. The number of amides is 1. The summed E-state index contributed by atoms with van der Waals surface area (Å²) in [6.07, 6.45) is 0. The maximum Gasteiger partial charge on any atom is 0.341 e. The van der Waals surface area contributed by atoms with E-state index in [1.807, 2.05) is 84.9 Å². The Labute approximate surface area is 172 Å². The normalized spacial score (nSPS) is 10.8. The van der Waals surface area contributed by atoms with Gasteiger partial charge in [0.2, 0.25) is 5.91 Å². The molecule has 0 bridgehead atoms. The van der Waals surface area contributed by atoms with E-state index in [1.165, 1.54) is 18.4 Å². The van der Waals surface area contributed by atoms with Crippen LogP contribution in [0.2, 0.25) is 0 Å². The molecule has 0 fully saturated rings. The second-order valence-electron chi connectivity index (χ2n) is 6.54. The third-order valence-corrected chi connectivity index (χ3v) is 5.84. The average Bonchev–Trinajstić information content (AvgIpc) is 3.12. The van der Waals surface area contributed by atoms with Crippen LogP contribution in [0.5, 0.6) is 0 Å². The molecular formula is C24H19NO3S. The van der Waals surface area contributed by atoms with Gasteiger partial charge in [-0.05, 0) is 17.2 Å². The number of fused-ring (bicyclic) bond motifs is 1. The Morgan fingerprint density at radius 2 is 1.38 bits per heavy atom. The Balaban J connectivity index is 1.76. The molecule has 0 saturated heterocycles. The summed E-state index contributed by atoms with van der Waals surface area (Å²) in [5, 5.41) is 4.26. The second-order valence-corrected chi connectivity index (χ2v) is 7.59. The van der Waals surface area contributed by atoms with Crippen LogP contribution in [0, 0.1) is 0 Å². The van der Waals surface area contributed by atoms with E-state index >= 15 is 0 Å². The first-order chi connectivity index (χ1) is 14.2. The van der Waals surface area contributed by atoms with Crippen molar-refractivity contribution in [2.75, 3.05) is 12.4 Å². The Hall–Kier alpha value is -3.44. The van der Waals surface area contributed by atoms with Crippen LogP contribution in [0.4, 0.5) is 5.00 Å². The lowest BCUT2D eigenvalue weighted by atomic mass is 9.90. The highest BCUT2D eigenvalue weighted by Crippen LogP contribution is 2.37. The number of thiophene rings is 1. The molecule has 1 amide bonds. The summed E-state index contributed by atoms with van der Waals surface area (Å²) in [6.45, 7) is 0. The number of hydrogen-bond donors (Lipinski definition) is 1. The van der Waals surface area contributed by atoms with Gasteiger partial charge in [-0.25, -0.2) is 4.79 Å². The van der Waals surface area contributed by atoms with Gasteiger partial charge in [-0.15, -0.1) is 11.3 Å². The first-order valence-corrected chi connectivity index (χ1v) is 10.0. The number of methoxy groups -OCH3 is 1. The molecule has 144 valence electrons. The fraction of sp³-hybridized carbons (Fsp3) is 0.0833. The van der Waals surface area contributed by atoms with Crippen molar-refractivity contribution in [3.8, 4) is 0 Å². The van der Waals surface area contributed by atoms with E-state index in [-0.39, 0.29) is 5.91 Å². The Bertz CT molecular complexity index is 1110. The van der Waals surface area contributed by atoms with E-state index in [4.69, 9.17) is 4.74 Å². The molecule has 0 atom stereocenters. The fourth-order valence-corrected chi connectivity index (χ4v) is 4.50. The number of hydrogen-bond acceptors (Lipinski definition) is 4. The summed E-state index contributed by atoms with van der Waals surface area (Å²) >= 11 is 1.37. The number of carbonyl (C=O) groups excluding carboxylic acids is 2. The summed E-state index contributed by atoms with van der Waals surface area (Å²) in [4.78, 5) is 25.8. The minimum atomic E-state index is -0.492. The van der Waals surface area contributed by atoms with Crippen molar-refractivity contribution in [2.24, 2.45) is 0 Å². The van der Waals surface area contributed by atoms with Crippen molar-refractivity contribution < 1.29 is 14.3 Å². The zero-order valence-corrected chi connectivity index (χ0v) is 16.6. The van der Waals surface area contributed by atoms with Gasteiger partial charge in [0.05, 0.1) is 13.0 Å². The van der Waals surface area contributed by atoms with Gasteiger partial charge in [0.1, 0.15) is 10.6 Å². The average molecular weight is 401 g/mol. The fourth-order valence-electron chi connectivity index (χ4n) is 3.41. The standard InChI is InChI=1S/C24H19NO3S/c1-28-24(27)21-18-14-8-9-15-19(18)29-23(21)25-22(26)20(16-10-4-2-5-11-16)17-12-6-3-7-13-17/h2-15,20H,1H3,(H,25,26). The van der Waals surface area contributed by atoms with Gasteiger partial charge in [-0.3, -0.25) is 4.79 Å². The largest absolute Gasteiger partial charge is 0.465 e. The highest BCUT2D eigenvalue weighted by molar-refractivity contribution is 7.23. The number of esters is 1. The van der Waals surface area contributed by atoms with E-state index in [0.29, 0.717) is 10.6 Å². The lowest BCUT2D eigenvalue weighted by Crippen LogP contribution is -2.22. The Morgan fingerprint density at radius 3 is 1.97 bits per heavy atom. The summed E-state index contributed by atoms with van der Waals surface area (Å²) < 4.78 is 5.89. The monoisotopic (exact) mass is 401 g/mol. The number of anilines is 1. The maximum absolute atomic E-state index is 13.4. The van der Waals surface area contributed by atoms with Gasteiger partial charge >= 0.3 is 5.97 Å². The van der Waals surface area contributed by atoms with Crippen molar-refractivity contribution in [1.82, 2.24) is 0 Å². The predicted molar refractivity (Wildman–Crippen MR) is 117 cm³/mol. The van der Waals surface area contributed by atoms with Gasteiger partial charge in [0, 0.05) is 10.1 Å². The molecular weight excluding hydrogens is 382 g/mol. The van der Waals surface area contributed by atoms with Gasteiger partial charge in [-0.2, -0.15) is 0 Å². The number of nitrogens with one attached hydrogen (secondary N) is 1. The highest BCUT2D eigenvalue weighted by Gasteiger charge is 2.26. The van der Waals surface area contributed by atoms with Crippen LogP contribution < -0.4 is 5.32 Å². The molecule has 4 nitrogen and oxygen atoms in total. The topological polar surface area (TPSA) is 55.4 Å². The number of benzene rings is 3. The van der Waals surface area contributed by atoms with E-state index in [2.05, 4.69) is 5.32 Å². The van der Waals surface area contributed by atoms with Crippen molar-refractivity contribution in [3.05, 3.63) is 102 Å². The summed E-state index contributed by atoms with van der Waals surface area (Å²) in [6, 6.07) is 26.8. The Kier molecular flexibility index (Phi) is 5.40. The SMILES string of the molecule is COC(=O)c1c(NC(=O)C(c2ccccc2)c2ccccc2)sc2ccccc12. The van der Waals surface area contributed by atoms with Crippen LogP contribution in [0.15, 0.2) is 84.9 Å². The molecule has 1 N–H and O–H groups in total. The second kappa shape index (κ2) is 8.29. The summed E-state index contributed by atoms with van der Waals surface area (Å²) in [5.74, 6) is -1.15. The minimum absolute atomic E-state index is 0.195. The molecule has 4 rings (SSSR count). The number of rotatable bonds is 5. The van der Waals surface area contributed by atoms with Gasteiger partial charge < -0.3 is 10.1 Å². The molecule has 0 radical (unpaired) electrons. The van der Waals surface area contributed by atoms with Crippen LogP contribution >= 0.6 is 11.3 Å². The van der Waals surface area contributed by atoms with Crippen LogP contribution in [0.1, 0.15) is 27.4 Å². The van der Waals surface area contributed by atoms with Gasteiger partial charge in [0.15, 0.2) is 0 Å². The van der Waals surface area contributed by atoms with E-state index in [1.54, 1.807) is 0 Å². The molecule has 0 unspecified atom stereocenters. The number of carbonyl (C=O) groups is 2. The van der Waals surface area contributed by atoms with Crippen molar-refractivity contribution in [3.63, 3.8) is 0 Å². The van der Waals surface area contributed by atoms with Gasteiger partial charge in [-0.1, -0.05) is 78.9 Å². The van der Waals surface area contributed by atoms with E-state index < -0.39 is 11.9 Å². The van der Waals surface area contributed by atoms with E-state index in [9.17, 15) is 9.59 Å². The van der Waals surface area contributed by atoms with Crippen LogP contribution in [0.25, 0.3) is 10.1 Å². The third-order valence-electron chi connectivity index (χ3n) is 4.75. The third kappa shape index (κ3) is 3.77. The molecule has 4 aromatic rings. The van der Waals surface area contributed by atoms with Crippen molar-refractivity contribution in [1.29, 1.82) is 0 Å². The quantitative estimate of drug-likeness (QED) is 0.452. The minimum Gasteiger partial charge on any atom is -0.465 e. The molecule has 29 heavy (non-hydrogen) atoms. The maximum atomic E-state index is 13.4. The molecule has 5 heteroatoms. The molecule has 0 saturated carbocycles. The van der Waals surface area contributed by atoms with Crippen LogP contribution in [-0.2, 0) is 9.53 Å². The van der Waals surface area contributed by atoms with Gasteiger partial charge in [0.25, 0.3) is 0 Å². The Morgan fingerprint density at radius 1 is 0.828 bits per heavy atom. The predicted octanol–water partition coefficient (Wildman–Crippen LogP) is 5.46. The summed E-state index contributed by atoms with van der Waals surface area (Å²) in [7, 11) is 1.34. The van der Waals surface area contributed by atoms with Crippen molar-refractivity contribution in [2.45, 2.75) is 5.92 Å². The number of ether oxygens (including phenoxy) is 1. The summed E-state index contributed by atoms with van der Waals surface area (Å²) in [5.41, 5.74) is 2.16. The molecule has 1 aromatic heterocycles. The lowest BCUT2D eigenvalue weighted by molar-refractivity contribution is -0.116. The zero-order valence-electron chi connectivity index (χ0n) is 15.8. The lowest BCUT2D eigenvalue weighted by Gasteiger charge is -2.17. The molecule has 0 aliphatic rings. The molecule has 0 aliphatic heterocycles. The van der Waals surface area contributed by atoms with Crippen molar-refractivity contribution >= 4 is 38.3 Å². The highest BCUT2D eigenvalue weighted by atomic mass is 32.1. The molecule has 0 spiro atoms. The van der Waals surface area contributed by atoms with E-state index in [0.717, 1.165) is 21.2 Å². The smallest absolute Gasteiger partial charge is 0.341 e. The molecule has 3 aromatic carbocycles. The first kappa shape index (κ1) is 18.9. The first-order valence-electron chi connectivity index (χ1n) is 9.19. The van der Waals surface area contributed by atoms with Crippen LogP contribution in [-0.4, -0.2) is 19.0 Å². The zero-order chi connectivity index (χ0) is 20.2. The van der Waals surface area contributed by atoms with Crippen LogP contribution in [0.3, 0.4) is 0 Å².